The SMILES string of the molecule is FC(F)(F)c1cccc(Sc2cnc3ccccc3c2)c1. The number of fused-ring (bicyclic) bond motifs is 1. The molecule has 0 aliphatic rings. The lowest BCUT2D eigenvalue weighted by molar-refractivity contribution is -0.137. The smallest absolute Gasteiger partial charge is 0.255 e. The second-order valence-electron chi connectivity index (χ2n) is 4.49. The number of pyridine rings is 1. The van der Waals surface area contributed by atoms with Gasteiger partial charge >= 0.3 is 6.18 Å². The Labute approximate surface area is 123 Å². The minimum Gasteiger partial charge on any atom is -0.255 e. The summed E-state index contributed by atoms with van der Waals surface area (Å²) in [6, 6.07) is 14.9. The molecule has 1 heterocycles. The molecule has 1 nitrogen and oxygen atoms in total. The molecule has 5 heteroatoms. The lowest BCUT2D eigenvalue weighted by atomic mass is 10.2. The molecule has 3 rings (SSSR count). The molecule has 3 aromatic rings. The van der Waals surface area contributed by atoms with E-state index < -0.39 is 11.7 Å². The molecule has 0 saturated carbocycles. The number of nitrogens with zero attached hydrogens (tertiary/aromatic N) is 1. The van der Waals surface area contributed by atoms with Crippen molar-refractivity contribution < 1.29 is 13.2 Å². The zero-order valence-corrected chi connectivity index (χ0v) is 11.6. The average Bonchev–Trinajstić information content (AvgIpc) is 2.46. The third kappa shape index (κ3) is 3.19. The molecule has 2 aromatic carbocycles. The third-order valence-electron chi connectivity index (χ3n) is 2.96. The van der Waals surface area contributed by atoms with Crippen LogP contribution in [0.3, 0.4) is 0 Å². The summed E-state index contributed by atoms with van der Waals surface area (Å²) in [7, 11) is 0. The fourth-order valence-corrected chi connectivity index (χ4v) is 2.87. The summed E-state index contributed by atoms with van der Waals surface area (Å²) in [5.41, 5.74) is 0.229. The summed E-state index contributed by atoms with van der Waals surface area (Å²) in [5, 5.41) is 0.967. The van der Waals surface area contributed by atoms with Crippen LogP contribution in [0.15, 0.2) is 70.6 Å². The van der Waals surface area contributed by atoms with Gasteiger partial charge in [-0.2, -0.15) is 13.2 Å². The second kappa shape index (κ2) is 5.41. The van der Waals surface area contributed by atoms with Gasteiger partial charge in [0.05, 0.1) is 11.1 Å². The van der Waals surface area contributed by atoms with Crippen molar-refractivity contribution in [2.24, 2.45) is 0 Å². The number of halogens is 3. The minimum absolute atomic E-state index is 0.543. The lowest BCUT2D eigenvalue weighted by Crippen LogP contribution is -2.04. The van der Waals surface area contributed by atoms with Crippen molar-refractivity contribution >= 4 is 22.7 Å². The Balaban J connectivity index is 1.91. The van der Waals surface area contributed by atoms with Crippen molar-refractivity contribution in [2.75, 3.05) is 0 Å². The van der Waals surface area contributed by atoms with Crippen LogP contribution < -0.4 is 0 Å². The quantitative estimate of drug-likeness (QED) is 0.628. The lowest BCUT2D eigenvalue weighted by Gasteiger charge is -2.08. The van der Waals surface area contributed by atoms with Crippen molar-refractivity contribution in [1.82, 2.24) is 4.98 Å². The normalized spacial score (nSPS) is 11.8. The number of para-hydroxylation sites is 1. The number of rotatable bonds is 2. The maximum Gasteiger partial charge on any atom is 0.416 e. The first-order chi connectivity index (χ1) is 10.0. The summed E-state index contributed by atoms with van der Waals surface area (Å²) in [6.45, 7) is 0. The zero-order chi connectivity index (χ0) is 14.9. The van der Waals surface area contributed by atoms with Gasteiger partial charge in [-0.15, -0.1) is 0 Å². The van der Waals surface area contributed by atoms with Gasteiger partial charge in [0.25, 0.3) is 0 Å². The van der Waals surface area contributed by atoms with Gasteiger partial charge in [0.2, 0.25) is 0 Å². The van der Waals surface area contributed by atoms with Crippen LogP contribution in [0, 0.1) is 0 Å². The van der Waals surface area contributed by atoms with E-state index in [-0.39, 0.29) is 0 Å². The highest BCUT2D eigenvalue weighted by molar-refractivity contribution is 7.99. The molecule has 0 amide bonds. The molecule has 0 atom stereocenters. The standard InChI is InChI=1S/C16H10F3NS/c17-16(18,19)12-5-3-6-13(9-12)21-14-8-11-4-1-2-7-15(11)20-10-14/h1-10H. The Bertz CT molecular complexity index is 784. The Morgan fingerprint density at radius 3 is 2.48 bits per heavy atom. The van der Waals surface area contributed by atoms with Gasteiger partial charge in [0, 0.05) is 21.4 Å². The second-order valence-corrected chi connectivity index (χ2v) is 5.64. The minimum atomic E-state index is -4.32. The highest BCUT2D eigenvalue weighted by atomic mass is 32.2. The molecule has 0 saturated heterocycles. The van der Waals surface area contributed by atoms with E-state index in [1.165, 1.54) is 17.8 Å². The Kier molecular flexibility index (Phi) is 3.59. The van der Waals surface area contributed by atoms with Gasteiger partial charge in [-0.05, 0) is 30.3 Å². The number of alkyl halides is 3. The van der Waals surface area contributed by atoms with Crippen molar-refractivity contribution in [1.29, 1.82) is 0 Å². The number of hydrogen-bond donors (Lipinski definition) is 0. The third-order valence-corrected chi connectivity index (χ3v) is 3.91. The highest BCUT2D eigenvalue weighted by Gasteiger charge is 2.30. The molecule has 0 radical (unpaired) electrons. The maximum atomic E-state index is 12.7. The predicted molar refractivity (Wildman–Crippen MR) is 77.3 cm³/mol. The van der Waals surface area contributed by atoms with E-state index in [4.69, 9.17) is 0 Å². The first-order valence-electron chi connectivity index (χ1n) is 6.22. The van der Waals surface area contributed by atoms with Crippen LogP contribution in [-0.4, -0.2) is 4.98 Å². The van der Waals surface area contributed by atoms with Crippen LogP contribution in [0.25, 0.3) is 10.9 Å². The van der Waals surface area contributed by atoms with Gasteiger partial charge in [-0.1, -0.05) is 36.0 Å². The van der Waals surface area contributed by atoms with Gasteiger partial charge in [-0.25, -0.2) is 0 Å². The zero-order valence-electron chi connectivity index (χ0n) is 10.8. The topological polar surface area (TPSA) is 12.9 Å². The van der Waals surface area contributed by atoms with Crippen LogP contribution in [-0.2, 0) is 6.18 Å². The van der Waals surface area contributed by atoms with Gasteiger partial charge in [0.1, 0.15) is 0 Å². The molecule has 0 aliphatic carbocycles. The van der Waals surface area contributed by atoms with E-state index in [1.807, 2.05) is 30.3 Å². The van der Waals surface area contributed by atoms with Gasteiger partial charge in [-0.3, -0.25) is 4.98 Å². The fourth-order valence-electron chi connectivity index (χ4n) is 1.98. The summed E-state index contributed by atoms with van der Waals surface area (Å²) < 4.78 is 38.1. The summed E-state index contributed by atoms with van der Waals surface area (Å²) in [5.74, 6) is 0. The molecule has 0 N–H and O–H groups in total. The van der Waals surface area contributed by atoms with E-state index in [0.717, 1.165) is 27.9 Å². The summed E-state index contributed by atoms with van der Waals surface area (Å²) in [4.78, 5) is 5.66. The Morgan fingerprint density at radius 1 is 0.857 bits per heavy atom. The monoisotopic (exact) mass is 305 g/mol. The molecule has 0 spiro atoms. The van der Waals surface area contributed by atoms with E-state index in [2.05, 4.69) is 4.98 Å². The highest BCUT2D eigenvalue weighted by Crippen LogP contribution is 2.34. The largest absolute Gasteiger partial charge is 0.416 e. The molecule has 21 heavy (non-hydrogen) atoms. The van der Waals surface area contributed by atoms with Crippen molar-refractivity contribution in [3.8, 4) is 0 Å². The summed E-state index contributed by atoms with van der Waals surface area (Å²) in [6.07, 6.45) is -2.65. The molecule has 0 fully saturated rings. The Hall–Kier alpha value is -2.01. The Morgan fingerprint density at radius 2 is 1.67 bits per heavy atom. The molecule has 0 unspecified atom stereocenters. The van der Waals surface area contributed by atoms with E-state index >= 15 is 0 Å². The first-order valence-corrected chi connectivity index (χ1v) is 7.04. The van der Waals surface area contributed by atoms with E-state index in [0.29, 0.717) is 4.90 Å². The van der Waals surface area contributed by atoms with Crippen molar-refractivity contribution in [3.05, 3.63) is 66.4 Å². The van der Waals surface area contributed by atoms with Crippen molar-refractivity contribution in [2.45, 2.75) is 16.0 Å². The van der Waals surface area contributed by atoms with Gasteiger partial charge in [0.15, 0.2) is 0 Å². The van der Waals surface area contributed by atoms with E-state index in [1.54, 1.807) is 12.3 Å². The molecular formula is C16H10F3NS. The van der Waals surface area contributed by atoms with Gasteiger partial charge < -0.3 is 0 Å². The predicted octanol–water partition coefficient (Wildman–Crippen LogP) is 5.40. The number of aromatic nitrogens is 1. The molecule has 1 aromatic heterocycles. The number of benzene rings is 2. The van der Waals surface area contributed by atoms with Crippen LogP contribution in [0.1, 0.15) is 5.56 Å². The maximum absolute atomic E-state index is 12.7. The van der Waals surface area contributed by atoms with Crippen molar-refractivity contribution in [3.63, 3.8) is 0 Å². The van der Waals surface area contributed by atoms with Crippen LogP contribution in [0.2, 0.25) is 0 Å². The average molecular weight is 305 g/mol. The molecular weight excluding hydrogens is 295 g/mol. The van der Waals surface area contributed by atoms with Crippen LogP contribution in [0.4, 0.5) is 13.2 Å². The number of hydrogen-bond acceptors (Lipinski definition) is 2. The molecule has 0 aliphatic heterocycles. The molecule has 106 valence electrons. The van der Waals surface area contributed by atoms with Crippen LogP contribution in [0.5, 0.6) is 0 Å². The molecule has 0 bridgehead atoms. The fraction of sp³-hybridized carbons (Fsp3) is 0.0625. The first kappa shape index (κ1) is 13.9. The van der Waals surface area contributed by atoms with E-state index in [9.17, 15) is 13.2 Å². The van der Waals surface area contributed by atoms with Crippen LogP contribution >= 0.6 is 11.8 Å². The summed E-state index contributed by atoms with van der Waals surface area (Å²) >= 11 is 1.27.